The fourth-order valence-electron chi connectivity index (χ4n) is 2.56. The standard InChI is InChI=1S/C12H26N2O/c1-4-6-7-12-9-11(13-5-2)8-10(3)14(12)15/h10-13,15H,4-9H2,1-3H3/t10?,11-,12+/m1/s1. The van der Waals surface area contributed by atoms with E-state index < -0.39 is 0 Å². The van der Waals surface area contributed by atoms with E-state index in [1.54, 1.807) is 5.06 Å². The smallest absolute Gasteiger partial charge is 0.0368 e. The van der Waals surface area contributed by atoms with Gasteiger partial charge in [0.1, 0.15) is 0 Å². The van der Waals surface area contributed by atoms with Gasteiger partial charge in [0.05, 0.1) is 0 Å². The van der Waals surface area contributed by atoms with Crippen LogP contribution in [-0.2, 0) is 0 Å². The normalized spacial score (nSPS) is 33.2. The first kappa shape index (κ1) is 12.9. The second kappa shape index (κ2) is 6.46. The Morgan fingerprint density at radius 3 is 2.67 bits per heavy atom. The summed E-state index contributed by atoms with van der Waals surface area (Å²) in [6.45, 7) is 7.50. The molecule has 0 aromatic rings. The van der Waals surface area contributed by atoms with E-state index >= 15 is 0 Å². The van der Waals surface area contributed by atoms with Gasteiger partial charge in [-0.25, -0.2) is 0 Å². The molecule has 1 unspecified atom stereocenters. The third-order valence-electron chi connectivity index (χ3n) is 3.39. The highest BCUT2D eigenvalue weighted by Gasteiger charge is 2.31. The molecule has 0 aromatic carbocycles. The first-order chi connectivity index (χ1) is 7.19. The molecule has 3 atom stereocenters. The van der Waals surface area contributed by atoms with Gasteiger partial charge in [-0.05, 0) is 32.7 Å². The number of hydroxylamine groups is 2. The fraction of sp³-hybridized carbons (Fsp3) is 1.00. The van der Waals surface area contributed by atoms with E-state index in [1.165, 1.54) is 12.8 Å². The number of hydrogen-bond donors (Lipinski definition) is 2. The Bertz CT molecular complexity index is 175. The second-order valence-corrected chi connectivity index (χ2v) is 4.75. The number of unbranched alkanes of at least 4 members (excludes halogenated alkanes) is 1. The van der Waals surface area contributed by atoms with Crippen molar-refractivity contribution >= 4 is 0 Å². The molecule has 0 bridgehead atoms. The fourth-order valence-corrected chi connectivity index (χ4v) is 2.56. The average molecular weight is 214 g/mol. The van der Waals surface area contributed by atoms with Crippen LogP contribution in [0, 0.1) is 0 Å². The summed E-state index contributed by atoms with van der Waals surface area (Å²) in [6, 6.07) is 1.25. The molecule has 3 nitrogen and oxygen atoms in total. The number of nitrogens with zero attached hydrogens (tertiary/aromatic N) is 1. The molecular weight excluding hydrogens is 188 g/mol. The molecule has 90 valence electrons. The summed E-state index contributed by atoms with van der Waals surface area (Å²) in [5, 5.41) is 15.0. The number of piperidine rings is 1. The lowest BCUT2D eigenvalue weighted by atomic mass is 9.91. The van der Waals surface area contributed by atoms with Crippen molar-refractivity contribution < 1.29 is 5.21 Å². The highest BCUT2D eigenvalue weighted by Crippen LogP contribution is 2.24. The number of rotatable bonds is 5. The molecule has 0 amide bonds. The molecule has 1 fully saturated rings. The lowest BCUT2D eigenvalue weighted by Crippen LogP contribution is -2.51. The van der Waals surface area contributed by atoms with E-state index in [0.717, 1.165) is 25.8 Å². The van der Waals surface area contributed by atoms with E-state index in [0.29, 0.717) is 18.1 Å². The number of nitrogens with one attached hydrogen (secondary N) is 1. The zero-order chi connectivity index (χ0) is 11.3. The van der Waals surface area contributed by atoms with Crippen molar-refractivity contribution in [2.45, 2.75) is 71.0 Å². The Morgan fingerprint density at radius 1 is 1.33 bits per heavy atom. The van der Waals surface area contributed by atoms with Gasteiger partial charge in [0.25, 0.3) is 0 Å². The minimum absolute atomic E-state index is 0.296. The van der Waals surface area contributed by atoms with Crippen molar-refractivity contribution in [3.63, 3.8) is 0 Å². The molecule has 0 aliphatic carbocycles. The molecule has 2 N–H and O–H groups in total. The summed E-state index contributed by atoms with van der Waals surface area (Å²) in [7, 11) is 0. The summed E-state index contributed by atoms with van der Waals surface area (Å²) < 4.78 is 0. The summed E-state index contributed by atoms with van der Waals surface area (Å²) in [5.74, 6) is 0. The minimum atomic E-state index is 0.296. The van der Waals surface area contributed by atoms with Crippen molar-refractivity contribution in [3.8, 4) is 0 Å². The molecule has 1 saturated heterocycles. The van der Waals surface area contributed by atoms with Crippen LogP contribution in [0.2, 0.25) is 0 Å². The quantitative estimate of drug-likeness (QED) is 0.737. The molecule has 1 aliphatic rings. The third kappa shape index (κ3) is 3.74. The Labute approximate surface area is 93.8 Å². The molecule has 1 aliphatic heterocycles. The van der Waals surface area contributed by atoms with Gasteiger partial charge in [-0.1, -0.05) is 26.7 Å². The SMILES string of the molecule is CCCC[C@H]1C[C@H](NCC)CC(C)N1O. The van der Waals surface area contributed by atoms with Gasteiger partial charge in [-0.2, -0.15) is 5.06 Å². The second-order valence-electron chi connectivity index (χ2n) is 4.75. The number of hydrogen-bond acceptors (Lipinski definition) is 3. The third-order valence-corrected chi connectivity index (χ3v) is 3.39. The van der Waals surface area contributed by atoms with Crippen LogP contribution in [0.5, 0.6) is 0 Å². The van der Waals surface area contributed by atoms with Crippen LogP contribution in [0.3, 0.4) is 0 Å². The Balaban J connectivity index is 2.44. The van der Waals surface area contributed by atoms with E-state index in [1.807, 2.05) is 0 Å². The van der Waals surface area contributed by atoms with E-state index in [4.69, 9.17) is 0 Å². The van der Waals surface area contributed by atoms with Gasteiger partial charge in [-0.3, -0.25) is 0 Å². The highest BCUT2D eigenvalue weighted by atomic mass is 16.5. The molecule has 0 aromatic heterocycles. The van der Waals surface area contributed by atoms with Crippen LogP contribution in [0.15, 0.2) is 0 Å². The van der Waals surface area contributed by atoms with E-state index in [2.05, 4.69) is 26.1 Å². The summed E-state index contributed by atoms with van der Waals surface area (Å²) in [5.41, 5.74) is 0. The molecule has 15 heavy (non-hydrogen) atoms. The minimum Gasteiger partial charge on any atom is -0.314 e. The van der Waals surface area contributed by atoms with Crippen LogP contribution >= 0.6 is 0 Å². The van der Waals surface area contributed by atoms with Crippen LogP contribution in [0.1, 0.15) is 52.9 Å². The highest BCUT2D eigenvalue weighted by molar-refractivity contribution is 4.85. The predicted octanol–water partition coefficient (Wildman–Crippen LogP) is 2.40. The van der Waals surface area contributed by atoms with Crippen LogP contribution in [0.4, 0.5) is 0 Å². The maximum atomic E-state index is 9.96. The van der Waals surface area contributed by atoms with Gasteiger partial charge < -0.3 is 10.5 Å². The Kier molecular flexibility index (Phi) is 5.58. The van der Waals surface area contributed by atoms with Gasteiger partial charge in [0.15, 0.2) is 0 Å². The first-order valence-electron chi connectivity index (χ1n) is 6.39. The molecule has 1 heterocycles. The summed E-state index contributed by atoms with van der Waals surface area (Å²) >= 11 is 0. The van der Waals surface area contributed by atoms with Crippen LogP contribution in [0.25, 0.3) is 0 Å². The molecule has 0 spiro atoms. The van der Waals surface area contributed by atoms with Crippen LogP contribution in [-0.4, -0.2) is 34.9 Å². The Morgan fingerprint density at radius 2 is 2.07 bits per heavy atom. The van der Waals surface area contributed by atoms with E-state index in [-0.39, 0.29) is 0 Å². The summed E-state index contributed by atoms with van der Waals surface area (Å²) in [4.78, 5) is 0. The van der Waals surface area contributed by atoms with Gasteiger partial charge >= 0.3 is 0 Å². The largest absolute Gasteiger partial charge is 0.314 e. The van der Waals surface area contributed by atoms with Crippen molar-refractivity contribution in [2.75, 3.05) is 6.54 Å². The average Bonchev–Trinajstić information content (AvgIpc) is 2.21. The first-order valence-corrected chi connectivity index (χ1v) is 6.39. The topological polar surface area (TPSA) is 35.5 Å². The lowest BCUT2D eigenvalue weighted by Gasteiger charge is -2.40. The molecular formula is C12H26N2O. The van der Waals surface area contributed by atoms with Crippen molar-refractivity contribution in [2.24, 2.45) is 0 Å². The zero-order valence-electron chi connectivity index (χ0n) is 10.4. The molecule has 3 heteroatoms. The monoisotopic (exact) mass is 214 g/mol. The van der Waals surface area contributed by atoms with Crippen molar-refractivity contribution in [1.29, 1.82) is 0 Å². The van der Waals surface area contributed by atoms with Gasteiger partial charge in [-0.15, -0.1) is 0 Å². The molecule has 1 rings (SSSR count). The maximum Gasteiger partial charge on any atom is 0.0368 e. The van der Waals surface area contributed by atoms with Crippen molar-refractivity contribution in [3.05, 3.63) is 0 Å². The van der Waals surface area contributed by atoms with Gasteiger partial charge in [0, 0.05) is 18.1 Å². The van der Waals surface area contributed by atoms with Gasteiger partial charge in [0.2, 0.25) is 0 Å². The predicted molar refractivity (Wildman–Crippen MR) is 63.1 cm³/mol. The van der Waals surface area contributed by atoms with Crippen molar-refractivity contribution in [1.82, 2.24) is 10.4 Å². The van der Waals surface area contributed by atoms with Crippen LogP contribution < -0.4 is 5.32 Å². The zero-order valence-corrected chi connectivity index (χ0v) is 10.4. The Hall–Kier alpha value is -0.120. The molecule has 0 saturated carbocycles. The lowest BCUT2D eigenvalue weighted by molar-refractivity contribution is -0.178. The summed E-state index contributed by atoms with van der Waals surface area (Å²) in [6.07, 6.45) is 5.71. The molecule has 0 radical (unpaired) electrons. The van der Waals surface area contributed by atoms with E-state index in [9.17, 15) is 5.21 Å². The maximum absolute atomic E-state index is 9.96.